The van der Waals surface area contributed by atoms with Gasteiger partial charge in [0, 0.05) is 56.9 Å². The van der Waals surface area contributed by atoms with E-state index in [-0.39, 0.29) is 5.91 Å². The molecule has 0 aliphatic carbocycles. The number of piperazine rings is 1. The molecule has 0 unspecified atom stereocenters. The lowest BCUT2D eigenvalue weighted by atomic mass is 9.97. The molecule has 2 aliphatic heterocycles. The zero-order valence-corrected chi connectivity index (χ0v) is 19.9. The molecule has 1 amide bonds. The Labute approximate surface area is 200 Å². The number of carbonyl (C=O) groups is 1. The Morgan fingerprint density at radius 2 is 1.76 bits per heavy atom. The summed E-state index contributed by atoms with van der Waals surface area (Å²) in [6, 6.07) is 21.0. The number of carbonyl (C=O) groups excluding carboxylic acids is 1. The van der Waals surface area contributed by atoms with Gasteiger partial charge in [-0.15, -0.1) is 11.8 Å². The van der Waals surface area contributed by atoms with E-state index in [0.717, 1.165) is 58.1 Å². The number of anilines is 1. The van der Waals surface area contributed by atoms with Gasteiger partial charge >= 0.3 is 0 Å². The van der Waals surface area contributed by atoms with Gasteiger partial charge in [0.15, 0.2) is 0 Å². The molecule has 33 heavy (non-hydrogen) atoms. The smallest absolute Gasteiger partial charge is 0.232 e. The number of pyridine rings is 1. The van der Waals surface area contributed by atoms with Crippen LogP contribution in [0.1, 0.15) is 12.8 Å². The summed E-state index contributed by atoms with van der Waals surface area (Å²) in [5.74, 6) is 2.46. The predicted molar refractivity (Wildman–Crippen MR) is 137 cm³/mol. The van der Waals surface area contributed by atoms with Crippen LogP contribution in [0.15, 0.2) is 71.8 Å². The zero-order valence-electron chi connectivity index (χ0n) is 19.1. The average Bonchev–Trinajstić information content (AvgIpc) is 2.88. The predicted octanol–water partition coefficient (Wildman–Crippen LogP) is 4.39. The molecule has 0 radical (unpaired) electrons. The monoisotopic (exact) mass is 460 g/mol. The van der Waals surface area contributed by atoms with E-state index in [9.17, 15) is 4.79 Å². The molecule has 0 N–H and O–H groups in total. The molecule has 5 nitrogen and oxygen atoms in total. The quantitative estimate of drug-likeness (QED) is 0.510. The summed E-state index contributed by atoms with van der Waals surface area (Å²) < 4.78 is 0. The molecule has 2 aromatic carbocycles. The second kappa shape index (κ2) is 10.6. The minimum Gasteiger partial charge on any atom is -0.354 e. The van der Waals surface area contributed by atoms with Crippen molar-refractivity contribution >= 4 is 34.3 Å². The molecule has 0 bridgehead atoms. The van der Waals surface area contributed by atoms with Crippen molar-refractivity contribution in [2.24, 2.45) is 5.92 Å². The highest BCUT2D eigenvalue weighted by Crippen LogP contribution is 2.25. The van der Waals surface area contributed by atoms with Gasteiger partial charge in [0.1, 0.15) is 5.82 Å². The van der Waals surface area contributed by atoms with Crippen LogP contribution in [-0.2, 0) is 4.79 Å². The highest BCUT2D eigenvalue weighted by molar-refractivity contribution is 8.00. The van der Waals surface area contributed by atoms with E-state index in [4.69, 9.17) is 0 Å². The first-order valence-electron chi connectivity index (χ1n) is 12.0. The van der Waals surface area contributed by atoms with Crippen molar-refractivity contribution in [1.82, 2.24) is 14.8 Å². The highest BCUT2D eigenvalue weighted by atomic mass is 32.2. The van der Waals surface area contributed by atoms with Gasteiger partial charge in [-0.2, -0.15) is 0 Å². The molecular weight excluding hydrogens is 428 g/mol. The third-order valence-corrected chi connectivity index (χ3v) is 7.80. The lowest BCUT2D eigenvalue weighted by Gasteiger charge is -2.39. The summed E-state index contributed by atoms with van der Waals surface area (Å²) in [4.78, 5) is 25.7. The molecule has 172 valence electrons. The molecule has 1 atom stereocenters. The average molecular weight is 461 g/mol. The number of likely N-dealkylation sites (tertiary alicyclic amines) is 1. The topological polar surface area (TPSA) is 39.7 Å². The van der Waals surface area contributed by atoms with Crippen LogP contribution in [0.3, 0.4) is 0 Å². The van der Waals surface area contributed by atoms with E-state index in [1.54, 1.807) is 11.8 Å². The maximum absolute atomic E-state index is 13.0. The van der Waals surface area contributed by atoms with E-state index in [2.05, 4.69) is 74.3 Å². The standard InChI is InChI=1S/C27H32N4OS/c32-27(21-33-25-11-10-23-7-1-2-8-24(23)18-25)31-13-5-6-22(20-31)19-29-14-16-30(17-15-29)26-9-3-4-12-28-26/h1-4,7-12,18,22H,5-6,13-17,19-21H2/t22-/m0/s1. The van der Waals surface area contributed by atoms with Crippen LogP contribution in [0.4, 0.5) is 5.82 Å². The number of amides is 1. The molecule has 2 fully saturated rings. The second-order valence-electron chi connectivity index (χ2n) is 9.12. The summed E-state index contributed by atoms with van der Waals surface area (Å²) in [5.41, 5.74) is 0. The Hall–Kier alpha value is -2.57. The van der Waals surface area contributed by atoms with Gasteiger partial charge in [-0.1, -0.05) is 36.4 Å². The molecule has 2 saturated heterocycles. The Kier molecular flexibility index (Phi) is 7.12. The van der Waals surface area contributed by atoms with Crippen LogP contribution in [0.5, 0.6) is 0 Å². The fourth-order valence-electron chi connectivity index (χ4n) is 5.00. The summed E-state index contributed by atoms with van der Waals surface area (Å²) in [6.07, 6.45) is 4.21. The first-order valence-corrected chi connectivity index (χ1v) is 13.0. The van der Waals surface area contributed by atoms with Gasteiger partial charge in [0.05, 0.1) is 5.75 Å². The summed E-state index contributed by atoms with van der Waals surface area (Å²) in [6.45, 7) is 7.08. The van der Waals surface area contributed by atoms with Gasteiger partial charge in [0.25, 0.3) is 0 Å². The molecule has 3 heterocycles. The first-order chi connectivity index (χ1) is 16.2. The largest absolute Gasteiger partial charge is 0.354 e. The summed E-state index contributed by atoms with van der Waals surface area (Å²) >= 11 is 1.66. The van der Waals surface area contributed by atoms with Crippen molar-refractivity contribution in [2.75, 3.05) is 56.5 Å². The number of hydrogen-bond acceptors (Lipinski definition) is 5. The molecular formula is C27H32N4OS. The van der Waals surface area contributed by atoms with Crippen LogP contribution in [0.2, 0.25) is 0 Å². The minimum absolute atomic E-state index is 0.276. The Balaban J connectivity index is 1.09. The van der Waals surface area contributed by atoms with E-state index < -0.39 is 0 Å². The fraction of sp³-hybridized carbons (Fsp3) is 0.407. The van der Waals surface area contributed by atoms with Crippen LogP contribution in [-0.4, -0.2) is 72.3 Å². The molecule has 0 spiro atoms. The number of piperidine rings is 1. The lowest BCUT2D eigenvalue weighted by Crippen LogP contribution is -2.50. The minimum atomic E-state index is 0.276. The second-order valence-corrected chi connectivity index (χ2v) is 10.2. The number of nitrogens with zero attached hydrogens (tertiary/aromatic N) is 4. The van der Waals surface area contributed by atoms with Crippen molar-refractivity contribution < 1.29 is 4.79 Å². The van der Waals surface area contributed by atoms with Crippen molar-refractivity contribution in [3.05, 3.63) is 66.9 Å². The van der Waals surface area contributed by atoms with E-state index in [0.29, 0.717) is 11.7 Å². The normalized spacial score (nSPS) is 19.7. The van der Waals surface area contributed by atoms with Crippen LogP contribution < -0.4 is 4.90 Å². The highest BCUT2D eigenvalue weighted by Gasteiger charge is 2.27. The zero-order chi connectivity index (χ0) is 22.5. The van der Waals surface area contributed by atoms with Crippen LogP contribution in [0.25, 0.3) is 10.8 Å². The van der Waals surface area contributed by atoms with E-state index in [1.165, 1.54) is 22.1 Å². The third kappa shape index (κ3) is 5.68. The number of hydrogen-bond donors (Lipinski definition) is 0. The van der Waals surface area contributed by atoms with Gasteiger partial charge in [0.2, 0.25) is 5.91 Å². The molecule has 3 aromatic rings. The Morgan fingerprint density at radius 3 is 2.58 bits per heavy atom. The van der Waals surface area contributed by atoms with E-state index >= 15 is 0 Å². The maximum Gasteiger partial charge on any atom is 0.232 e. The van der Waals surface area contributed by atoms with Crippen molar-refractivity contribution in [2.45, 2.75) is 17.7 Å². The first kappa shape index (κ1) is 22.2. The number of rotatable bonds is 6. The molecule has 2 aliphatic rings. The third-order valence-electron chi connectivity index (χ3n) is 6.82. The Morgan fingerprint density at radius 1 is 0.939 bits per heavy atom. The van der Waals surface area contributed by atoms with Crippen molar-refractivity contribution in [3.63, 3.8) is 0 Å². The SMILES string of the molecule is O=C(CSc1ccc2ccccc2c1)N1CCC[C@@H](CN2CCN(c3ccccn3)CC2)C1. The van der Waals surface area contributed by atoms with Gasteiger partial charge < -0.3 is 9.80 Å². The molecule has 0 saturated carbocycles. The van der Waals surface area contributed by atoms with Crippen LogP contribution >= 0.6 is 11.8 Å². The number of aromatic nitrogens is 1. The molecule has 1 aromatic heterocycles. The van der Waals surface area contributed by atoms with Gasteiger partial charge in [-0.25, -0.2) is 4.98 Å². The van der Waals surface area contributed by atoms with Crippen molar-refractivity contribution in [1.29, 1.82) is 0 Å². The molecule has 5 rings (SSSR count). The fourth-order valence-corrected chi connectivity index (χ4v) is 5.85. The number of thioether (sulfide) groups is 1. The lowest BCUT2D eigenvalue weighted by molar-refractivity contribution is -0.130. The van der Waals surface area contributed by atoms with Gasteiger partial charge in [-0.05, 0) is 53.8 Å². The Bertz CT molecular complexity index is 1070. The van der Waals surface area contributed by atoms with E-state index in [1.807, 2.05) is 12.3 Å². The van der Waals surface area contributed by atoms with Crippen LogP contribution in [0, 0.1) is 5.92 Å². The van der Waals surface area contributed by atoms with Gasteiger partial charge in [-0.3, -0.25) is 9.69 Å². The summed E-state index contributed by atoms with van der Waals surface area (Å²) in [7, 11) is 0. The summed E-state index contributed by atoms with van der Waals surface area (Å²) in [5, 5.41) is 2.48. The number of fused-ring (bicyclic) bond motifs is 1. The maximum atomic E-state index is 13.0. The van der Waals surface area contributed by atoms with Crippen molar-refractivity contribution in [3.8, 4) is 0 Å². The molecule has 6 heteroatoms. The number of benzene rings is 2.